The second-order valence-corrected chi connectivity index (χ2v) is 10.3. The van der Waals surface area contributed by atoms with Crippen molar-refractivity contribution in [1.82, 2.24) is 5.32 Å². The summed E-state index contributed by atoms with van der Waals surface area (Å²) in [4.78, 5) is 26.0. The predicted octanol–water partition coefficient (Wildman–Crippen LogP) is 4.91. The highest BCUT2D eigenvalue weighted by atomic mass is 16.5. The van der Waals surface area contributed by atoms with Gasteiger partial charge in [0.05, 0.1) is 5.54 Å². The van der Waals surface area contributed by atoms with E-state index in [9.17, 15) is 9.59 Å². The molecular weight excluding hydrogens is 426 g/mol. The first-order chi connectivity index (χ1) is 16.0. The summed E-state index contributed by atoms with van der Waals surface area (Å²) >= 11 is 0. The third-order valence-electron chi connectivity index (χ3n) is 5.55. The fraction of sp³-hybridized carbons (Fsp3) is 0.500. The zero-order valence-electron chi connectivity index (χ0n) is 21.3. The Hall–Kier alpha value is -3.02. The van der Waals surface area contributed by atoms with Gasteiger partial charge in [0.25, 0.3) is 0 Å². The molecule has 0 bridgehead atoms. The Kier molecular flexibility index (Phi) is 10.4. The quantitative estimate of drug-likeness (QED) is 0.413. The molecule has 0 aliphatic rings. The van der Waals surface area contributed by atoms with Crippen molar-refractivity contribution >= 4 is 17.5 Å². The van der Waals surface area contributed by atoms with Crippen molar-refractivity contribution in [2.75, 3.05) is 18.0 Å². The van der Waals surface area contributed by atoms with Crippen LogP contribution in [-0.4, -0.2) is 30.4 Å². The van der Waals surface area contributed by atoms with Gasteiger partial charge in [-0.15, -0.1) is 0 Å². The topological polar surface area (TPSA) is 84.7 Å². The van der Waals surface area contributed by atoms with Crippen LogP contribution >= 0.6 is 0 Å². The molecule has 3 N–H and O–H groups in total. The summed E-state index contributed by atoms with van der Waals surface area (Å²) in [5.74, 6) is 0.852. The average molecular weight is 468 g/mol. The van der Waals surface area contributed by atoms with Crippen molar-refractivity contribution < 1.29 is 14.3 Å². The largest absolute Gasteiger partial charge is 0.489 e. The van der Waals surface area contributed by atoms with Gasteiger partial charge in [-0.2, -0.15) is 0 Å². The summed E-state index contributed by atoms with van der Waals surface area (Å²) < 4.78 is 6.04. The molecule has 2 aromatic carbocycles. The summed E-state index contributed by atoms with van der Waals surface area (Å²) in [7, 11) is 0. The van der Waals surface area contributed by atoms with E-state index in [1.165, 1.54) is 0 Å². The Bertz CT molecular complexity index is 912. The second-order valence-electron chi connectivity index (χ2n) is 10.3. The highest BCUT2D eigenvalue weighted by molar-refractivity contribution is 5.79. The fourth-order valence-electron chi connectivity index (χ4n) is 3.90. The molecule has 2 amide bonds. The van der Waals surface area contributed by atoms with Crippen LogP contribution in [0.5, 0.6) is 5.75 Å². The highest BCUT2D eigenvalue weighted by Crippen LogP contribution is 2.25. The zero-order chi connectivity index (χ0) is 25.1. The summed E-state index contributed by atoms with van der Waals surface area (Å²) in [6.07, 6.45) is 1.53. The van der Waals surface area contributed by atoms with E-state index in [-0.39, 0.29) is 30.6 Å². The van der Waals surface area contributed by atoms with Gasteiger partial charge in [0.15, 0.2) is 0 Å². The van der Waals surface area contributed by atoms with Crippen molar-refractivity contribution in [3.05, 3.63) is 60.2 Å². The molecule has 186 valence electrons. The molecule has 0 radical (unpaired) electrons. The summed E-state index contributed by atoms with van der Waals surface area (Å²) in [5.41, 5.74) is 7.00. The number of carbonyl (C=O) groups excluding carboxylic acids is 2. The minimum Gasteiger partial charge on any atom is -0.489 e. The third-order valence-corrected chi connectivity index (χ3v) is 5.55. The van der Waals surface area contributed by atoms with E-state index in [4.69, 9.17) is 10.5 Å². The zero-order valence-corrected chi connectivity index (χ0v) is 21.3. The number of anilines is 1. The molecule has 6 nitrogen and oxygen atoms in total. The van der Waals surface area contributed by atoms with Gasteiger partial charge in [-0.25, -0.2) is 0 Å². The van der Waals surface area contributed by atoms with Crippen LogP contribution in [0.2, 0.25) is 0 Å². The first kappa shape index (κ1) is 27.2. The fourth-order valence-corrected chi connectivity index (χ4v) is 3.90. The number of rotatable bonds is 14. The van der Waals surface area contributed by atoms with Crippen LogP contribution in [0.1, 0.15) is 59.4 Å². The van der Waals surface area contributed by atoms with Crippen molar-refractivity contribution in [2.45, 2.75) is 66.0 Å². The molecule has 0 saturated heterocycles. The van der Waals surface area contributed by atoms with Gasteiger partial charge in [-0.05, 0) is 49.8 Å². The molecule has 34 heavy (non-hydrogen) atoms. The lowest BCUT2D eigenvalue weighted by atomic mass is 9.99. The van der Waals surface area contributed by atoms with E-state index in [0.717, 1.165) is 30.0 Å². The number of nitrogens with one attached hydrogen (secondary N) is 1. The third kappa shape index (κ3) is 10.3. The van der Waals surface area contributed by atoms with Crippen LogP contribution in [0.15, 0.2) is 54.6 Å². The maximum atomic E-state index is 12.6. The molecule has 0 spiro atoms. The van der Waals surface area contributed by atoms with Gasteiger partial charge in [0.1, 0.15) is 12.4 Å². The van der Waals surface area contributed by atoms with Crippen molar-refractivity contribution in [3.63, 3.8) is 0 Å². The van der Waals surface area contributed by atoms with E-state index in [0.29, 0.717) is 19.1 Å². The smallest absolute Gasteiger partial charge is 0.220 e. The number of hydrogen-bond acceptors (Lipinski definition) is 4. The number of ether oxygens (including phenoxy) is 1. The molecule has 0 heterocycles. The molecule has 0 saturated carbocycles. The molecule has 2 aromatic rings. The van der Waals surface area contributed by atoms with E-state index in [1.54, 1.807) is 0 Å². The molecule has 2 rings (SSSR count). The number of hydrogen-bond donors (Lipinski definition) is 2. The van der Waals surface area contributed by atoms with Crippen LogP contribution in [-0.2, 0) is 16.2 Å². The summed E-state index contributed by atoms with van der Waals surface area (Å²) in [6, 6.07) is 18.2. The minimum atomic E-state index is -0.457. The second kappa shape index (κ2) is 13.0. The molecule has 0 aromatic heterocycles. The van der Waals surface area contributed by atoms with Crippen LogP contribution < -0.4 is 20.7 Å². The molecule has 1 unspecified atom stereocenters. The molecule has 0 aliphatic carbocycles. The first-order valence-corrected chi connectivity index (χ1v) is 12.1. The minimum absolute atomic E-state index is 0.0671. The number of benzene rings is 2. The standard InChI is InChI=1S/C28H41N3O3/c1-21(2)14-15-31(20-28(4,5)30-27(33)17-22(3)16-26(29)32)24-12-9-13-25(18-24)34-19-23-10-7-6-8-11-23/h6-13,18,21-22H,14-17,19-20H2,1-5H3,(H2,29,32)(H,30,33). The van der Waals surface area contributed by atoms with Gasteiger partial charge in [-0.1, -0.05) is 57.2 Å². The monoisotopic (exact) mass is 467 g/mol. The summed E-state index contributed by atoms with van der Waals surface area (Å²) in [5, 5.41) is 3.15. The van der Waals surface area contributed by atoms with Gasteiger partial charge in [0.2, 0.25) is 11.8 Å². The lowest BCUT2D eigenvalue weighted by Gasteiger charge is -2.36. The van der Waals surface area contributed by atoms with E-state index in [2.05, 4.69) is 36.2 Å². The van der Waals surface area contributed by atoms with Crippen molar-refractivity contribution in [1.29, 1.82) is 0 Å². The Balaban J connectivity index is 2.08. The van der Waals surface area contributed by atoms with Crippen LogP contribution in [0.25, 0.3) is 0 Å². The predicted molar refractivity (Wildman–Crippen MR) is 139 cm³/mol. The molecule has 1 atom stereocenters. The first-order valence-electron chi connectivity index (χ1n) is 12.1. The lowest BCUT2D eigenvalue weighted by molar-refractivity contribution is -0.124. The summed E-state index contributed by atoms with van der Waals surface area (Å²) in [6.45, 7) is 12.4. The number of amides is 2. The maximum absolute atomic E-state index is 12.6. The highest BCUT2D eigenvalue weighted by Gasteiger charge is 2.25. The van der Waals surface area contributed by atoms with Gasteiger partial charge >= 0.3 is 0 Å². The van der Waals surface area contributed by atoms with Crippen LogP contribution in [0, 0.1) is 11.8 Å². The molecule has 6 heteroatoms. The molecular formula is C28H41N3O3. The number of primary amides is 1. The van der Waals surface area contributed by atoms with Gasteiger partial charge in [0, 0.05) is 37.7 Å². The van der Waals surface area contributed by atoms with E-state index >= 15 is 0 Å². The van der Waals surface area contributed by atoms with E-state index in [1.807, 2.05) is 63.2 Å². The Morgan fingerprint density at radius 3 is 2.38 bits per heavy atom. The normalized spacial score (nSPS) is 12.3. The molecule has 0 aliphatic heterocycles. The number of nitrogens with zero attached hydrogens (tertiary/aromatic N) is 1. The van der Waals surface area contributed by atoms with Gasteiger partial charge < -0.3 is 20.7 Å². The van der Waals surface area contributed by atoms with Gasteiger partial charge in [-0.3, -0.25) is 9.59 Å². The van der Waals surface area contributed by atoms with Crippen molar-refractivity contribution in [2.24, 2.45) is 17.6 Å². The Morgan fingerprint density at radius 2 is 1.74 bits per heavy atom. The molecule has 0 fully saturated rings. The van der Waals surface area contributed by atoms with Crippen LogP contribution in [0.3, 0.4) is 0 Å². The lowest BCUT2D eigenvalue weighted by Crippen LogP contribution is -2.52. The van der Waals surface area contributed by atoms with Crippen LogP contribution in [0.4, 0.5) is 5.69 Å². The Morgan fingerprint density at radius 1 is 1.03 bits per heavy atom. The SMILES string of the molecule is CC(C)CCN(CC(C)(C)NC(=O)CC(C)CC(N)=O)c1cccc(OCc2ccccc2)c1. The van der Waals surface area contributed by atoms with E-state index < -0.39 is 5.54 Å². The number of nitrogens with two attached hydrogens (primary N) is 1. The van der Waals surface area contributed by atoms with Crippen molar-refractivity contribution in [3.8, 4) is 5.75 Å². The Labute approximate surface area is 204 Å². The maximum Gasteiger partial charge on any atom is 0.220 e. The average Bonchev–Trinajstić information content (AvgIpc) is 2.74. The number of carbonyl (C=O) groups is 2.